The summed E-state index contributed by atoms with van der Waals surface area (Å²) in [4.78, 5) is 4.88. The Balaban J connectivity index is 0.00000785. The van der Waals surface area contributed by atoms with Crippen LogP contribution < -0.4 is 9.30 Å². The van der Waals surface area contributed by atoms with Gasteiger partial charge in [0.25, 0.3) is 6.33 Å². The molecule has 0 aliphatic heterocycles. The Labute approximate surface area is 458 Å². The van der Waals surface area contributed by atoms with Gasteiger partial charge in [-0.05, 0) is 86.7 Å². The number of fused-ring (bicyclic) bond motifs is 7. The van der Waals surface area contributed by atoms with Crippen molar-refractivity contribution >= 4 is 54.6 Å². The van der Waals surface area contributed by atoms with E-state index in [1.54, 1.807) is 59.3 Å². The molecule has 0 saturated carbocycles. The van der Waals surface area contributed by atoms with Gasteiger partial charge in [-0.15, -0.1) is 24.3 Å². The van der Waals surface area contributed by atoms with E-state index in [9.17, 15) is 5.48 Å². The van der Waals surface area contributed by atoms with Gasteiger partial charge in [0.1, 0.15) is 5.82 Å². The molecule has 0 unspecified atom stereocenters. The van der Waals surface area contributed by atoms with E-state index in [0.717, 1.165) is 5.56 Å². The van der Waals surface area contributed by atoms with Crippen LogP contribution in [0.2, 0.25) is 0 Å². The first-order valence-corrected chi connectivity index (χ1v) is 22.7. The van der Waals surface area contributed by atoms with E-state index < -0.39 is 109 Å². The Morgan fingerprint density at radius 2 is 1.21 bits per heavy atom. The number of rotatable bonds is 9. The van der Waals surface area contributed by atoms with E-state index in [0.29, 0.717) is 50.8 Å². The molecule has 0 radical (unpaired) electrons. The van der Waals surface area contributed by atoms with Gasteiger partial charge in [0.2, 0.25) is 0 Å². The number of imidazole rings is 1. The minimum absolute atomic E-state index is 0. The third-order valence-corrected chi connectivity index (χ3v) is 12.3. The summed E-state index contributed by atoms with van der Waals surface area (Å²) in [6.07, 6.45) is 5.78. The fraction of sp³-hybridized carbons (Fsp3) is 0.0769. The SMILES string of the molecule is [2H]c1c([2H])c([2H])c(-c2cccc(-c3c([2H])c([2H])c([2H])c([2H])c3[2H])c2-[n+]2[c-]n(-c3[c-]c(Oc4[c-]c5c(c(-n6c7c([2H])c([2H])c([2H])c([2H])c7c7c([2H])c([2H])c([2H])c([2H])c76)c4)c4ccccc4n5-c4cc(CC(C)(C)C)ccn4)ccc3)c3ccccc32)c([2H])c1[2H].[Pt]. The molecular formula is C65H47N5OPt-2. The minimum atomic E-state index is -0.631. The second-order valence-corrected chi connectivity index (χ2v) is 18.1. The van der Waals surface area contributed by atoms with Gasteiger partial charge in [-0.25, -0.2) is 4.98 Å². The van der Waals surface area contributed by atoms with Gasteiger partial charge in [-0.2, -0.15) is 12.1 Å². The molecule has 6 nitrogen and oxygen atoms in total. The maximum Gasteiger partial charge on any atom is 0.268 e. The number of pyridine rings is 1. The molecule has 0 aliphatic rings. The van der Waals surface area contributed by atoms with Crippen molar-refractivity contribution in [3.05, 3.63) is 242 Å². The van der Waals surface area contributed by atoms with Crippen molar-refractivity contribution in [1.82, 2.24) is 18.7 Å². The number of hydrogen-bond acceptors (Lipinski definition) is 2. The Morgan fingerprint density at radius 3 is 1.90 bits per heavy atom. The van der Waals surface area contributed by atoms with Crippen LogP contribution in [0.25, 0.3) is 99.8 Å². The molecule has 13 rings (SSSR count). The van der Waals surface area contributed by atoms with Gasteiger partial charge in [-0.3, -0.25) is 4.57 Å². The number of nitrogens with zero attached hydrogens (tertiary/aromatic N) is 5. The van der Waals surface area contributed by atoms with Crippen molar-refractivity contribution in [3.8, 4) is 56.6 Å². The number of para-hydroxylation sites is 6. The second kappa shape index (κ2) is 18.1. The van der Waals surface area contributed by atoms with Gasteiger partial charge in [0.15, 0.2) is 0 Å². The minimum Gasteiger partial charge on any atom is -0.510 e. The molecule has 0 fully saturated rings. The van der Waals surface area contributed by atoms with Crippen LogP contribution in [0.5, 0.6) is 11.5 Å². The summed E-state index contributed by atoms with van der Waals surface area (Å²) in [6.45, 7) is 6.39. The van der Waals surface area contributed by atoms with Crippen molar-refractivity contribution < 1.29 is 55.0 Å². The predicted molar refractivity (Wildman–Crippen MR) is 288 cm³/mol. The molecule has 350 valence electrons. The molecule has 0 aliphatic carbocycles. The van der Waals surface area contributed by atoms with Crippen LogP contribution in [-0.4, -0.2) is 18.7 Å². The summed E-state index contributed by atoms with van der Waals surface area (Å²) in [6, 6.07) is 26.1. The summed E-state index contributed by atoms with van der Waals surface area (Å²) in [5.74, 6) is 0.628. The normalized spacial score (nSPS) is 15.3. The number of ether oxygens (including phenoxy) is 1. The third-order valence-electron chi connectivity index (χ3n) is 12.3. The Bertz CT molecular complexity index is 5040. The average molecular weight is 1130 g/mol. The van der Waals surface area contributed by atoms with Gasteiger partial charge in [0.05, 0.1) is 52.4 Å². The van der Waals surface area contributed by atoms with Gasteiger partial charge in [-0.1, -0.05) is 189 Å². The van der Waals surface area contributed by atoms with Crippen LogP contribution in [-0.2, 0) is 27.5 Å². The number of hydrogen-bond donors (Lipinski definition) is 0. The van der Waals surface area contributed by atoms with Crippen molar-refractivity contribution in [2.24, 2.45) is 5.41 Å². The van der Waals surface area contributed by atoms with E-state index >= 15 is 0 Å². The first kappa shape index (κ1) is 29.1. The fourth-order valence-electron chi connectivity index (χ4n) is 9.51. The summed E-state index contributed by atoms with van der Waals surface area (Å²) >= 11 is 0. The molecule has 0 amide bonds. The van der Waals surface area contributed by atoms with Crippen LogP contribution in [0, 0.1) is 23.9 Å². The Kier molecular flexibility index (Phi) is 7.34. The Morgan fingerprint density at radius 1 is 0.583 bits per heavy atom. The van der Waals surface area contributed by atoms with Gasteiger partial charge < -0.3 is 18.4 Å². The topological polar surface area (TPSA) is 40.8 Å². The first-order valence-electron chi connectivity index (χ1n) is 31.7. The van der Waals surface area contributed by atoms with Crippen LogP contribution in [0.3, 0.4) is 0 Å². The van der Waals surface area contributed by atoms with Crippen molar-refractivity contribution in [2.75, 3.05) is 0 Å². The molecule has 0 spiro atoms. The monoisotopic (exact) mass is 1130 g/mol. The fourth-order valence-corrected chi connectivity index (χ4v) is 9.51. The van der Waals surface area contributed by atoms with Gasteiger partial charge in [0, 0.05) is 55.1 Å². The third kappa shape index (κ3) is 7.80. The molecule has 4 heterocycles. The molecule has 4 aromatic heterocycles. The van der Waals surface area contributed by atoms with Crippen LogP contribution in [0.1, 0.15) is 51.0 Å². The van der Waals surface area contributed by atoms with E-state index in [-0.39, 0.29) is 93.4 Å². The number of aromatic nitrogens is 5. The summed E-state index contributed by atoms with van der Waals surface area (Å²) < 4.78 is 174. The standard InChI is InChI=1S/C65H47N5O.Pt/c1-65(2,3)42-44-36-37-66-62(38-44)70-57-33-15-12-28-54(57)63-60(69-55-31-13-10-26-52(55)53-27-11-14-32-56(53)69)40-49(41-61(63)70)71-48-25-18-24-47(39-48)67-43-68(59-35-17-16-34-58(59)67)64-50(45-20-6-4-7-21-45)29-19-30-51(64)46-22-8-5-9-23-46;/h4-38,40H,42H2,1-3H3;/q-2;/i4D,5D,6D,7D,8D,9D,10D,11D,13D,14D,20D,21D,22D,23D,26D,27D,31D,32D;. The van der Waals surface area contributed by atoms with Crippen molar-refractivity contribution in [3.63, 3.8) is 0 Å². The molecule has 13 aromatic rings. The smallest absolute Gasteiger partial charge is 0.268 e. The molecular weight excluding hydrogens is 1060 g/mol. The van der Waals surface area contributed by atoms with E-state index in [1.165, 1.54) is 27.3 Å². The maximum absolute atomic E-state index is 9.48. The van der Waals surface area contributed by atoms with Crippen LogP contribution >= 0.6 is 0 Å². The Hall–Kier alpha value is -8.31. The van der Waals surface area contributed by atoms with Crippen molar-refractivity contribution in [1.29, 1.82) is 0 Å². The first-order chi connectivity index (χ1) is 42.3. The summed E-state index contributed by atoms with van der Waals surface area (Å²) in [5, 5.41) is 0.870. The number of benzene rings is 9. The zero-order valence-electron chi connectivity index (χ0n) is 56.6. The van der Waals surface area contributed by atoms with Crippen LogP contribution in [0.15, 0.2) is 218 Å². The zero-order valence-corrected chi connectivity index (χ0v) is 40.8. The molecule has 0 saturated heterocycles. The van der Waals surface area contributed by atoms with Gasteiger partial charge >= 0.3 is 0 Å². The largest absolute Gasteiger partial charge is 0.510 e. The molecule has 7 heteroatoms. The van der Waals surface area contributed by atoms with Crippen LogP contribution in [0.4, 0.5) is 0 Å². The molecule has 72 heavy (non-hydrogen) atoms. The molecule has 9 aromatic carbocycles. The zero-order chi connectivity index (χ0) is 63.3. The average Bonchev–Trinajstić information content (AvgIpc) is 1.53. The van der Waals surface area contributed by atoms with E-state index in [1.807, 2.05) is 41.0 Å². The molecule has 0 N–H and O–H groups in total. The summed E-state index contributed by atoms with van der Waals surface area (Å²) in [7, 11) is 0. The van der Waals surface area contributed by atoms with E-state index in [4.69, 9.17) is 28.9 Å². The molecule has 0 bridgehead atoms. The quantitative estimate of drug-likeness (QED) is 0.107. The van der Waals surface area contributed by atoms with Crippen molar-refractivity contribution in [2.45, 2.75) is 27.2 Å². The maximum atomic E-state index is 9.48. The van der Waals surface area contributed by atoms with E-state index in [2.05, 4.69) is 39.2 Å². The predicted octanol–water partition coefficient (Wildman–Crippen LogP) is 15.6. The summed E-state index contributed by atoms with van der Waals surface area (Å²) in [5.41, 5.74) is 2.84. The second-order valence-electron chi connectivity index (χ2n) is 18.1. The molecule has 0 atom stereocenters.